The van der Waals surface area contributed by atoms with Crippen LogP contribution < -0.4 is 5.32 Å². The van der Waals surface area contributed by atoms with Crippen molar-refractivity contribution in [2.75, 3.05) is 32.8 Å². The van der Waals surface area contributed by atoms with Gasteiger partial charge < -0.3 is 10.1 Å². The number of hydrogen-bond donors (Lipinski definition) is 1. The second kappa shape index (κ2) is 7.20. The molecule has 1 saturated heterocycles. The maximum atomic E-state index is 5.48. The van der Waals surface area contributed by atoms with Crippen molar-refractivity contribution in [2.45, 2.75) is 45.7 Å². The number of hydrogen-bond acceptors (Lipinski definition) is 3. The van der Waals surface area contributed by atoms with E-state index in [-0.39, 0.29) is 0 Å². The summed E-state index contributed by atoms with van der Waals surface area (Å²) < 4.78 is 5.48. The standard InChI is InChI=1S/C12H26N2O/c1-4-13-12-7-6-8-14(9-12)11(3)10-15-5-2/h11-13H,4-10H2,1-3H3. The van der Waals surface area contributed by atoms with Gasteiger partial charge in [-0.15, -0.1) is 0 Å². The van der Waals surface area contributed by atoms with E-state index in [1.165, 1.54) is 25.9 Å². The Kier molecular flexibility index (Phi) is 6.22. The fourth-order valence-electron chi connectivity index (χ4n) is 2.26. The topological polar surface area (TPSA) is 24.5 Å². The fraction of sp³-hybridized carbons (Fsp3) is 1.00. The Morgan fingerprint density at radius 2 is 2.27 bits per heavy atom. The summed E-state index contributed by atoms with van der Waals surface area (Å²) in [4.78, 5) is 2.55. The molecule has 1 rings (SSSR count). The number of rotatable bonds is 6. The van der Waals surface area contributed by atoms with E-state index in [9.17, 15) is 0 Å². The van der Waals surface area contributed by atoms with E-state index < -0.39 is 0 Å². The van der Waals surface area contributed by atoms with Crippen LogP contribution in [0.2, 0.25) is 0 Å². The molecule has 15 heavy (non-hydrogen) atoms. The smallest absolute Gasteiger partial charge is 0.0619 e. The Labute approximate surface area is 94.2 Å². The maximum Gasteiger partial charge on any atom is 0.0619 e. The van der Waals surface area contributed by atoms with Gasteiger partial charge in [0.2, 0.25) is 0 Å². The van der Waals surface area contributed by atoms with Gasteiger partial charge in [0.25, 0.3) is 0 Å². The quantitative estimate of drug-likeness (QED) is 0.725. The lowest BCUT2D eigenvalue weighted by Gasteiger charge is -2.36. The van der Waals surface area contributed by atoms with Gasteiger partial charge in [-0.05, 0) is 39.8 Å². The molecule has 0 bridgehead atoms. The van der Waals surface area contributed by atoms with Gasteiger partial charge in [0.05, 0.1) is 6.61 Å². The molecule has 1 aliphatic heterocycles. The van der Waals surface area contributed by atoms with Gasteiger partial charge in [0.15, 0.2) is 0 Å². The highest BCUT2D eigenvalue weighted by Gasteiger charge is 2.22. The minimum Gasteiger partial charge on any atom is -0.380 e. The van der Waals surface area contributed by atoms with Gasteiger partial charge in [-0.25, -0.2) is 0 Å². The number of nitrogens with zero attached hydrogens (tertiary/aromatic N) is 1. The maximum absolute atomic E-state index is 5.48. The largest absolute Gasteiger partial charge is 0.380 e. The first kappa shape index (κ1) is 12.9. The Hall–Kier alpha value is -0.120. The van der Waals surface area contributed by atoms with Crippen molar-refractivity contribution >= 4 is 0 Å². The number of piperidine rings is 1. The minimum absolute atomic E-state index is 0.561. The van der Waals surface area contributed by atoms with Gasteiger partial charge in [-0.1, -0.05) is 6.92 Å². The van der Waals surface area contributed by atoms with Gasteiger partial charge >= 0.3 is 0 Å². The summed E-state index contributed by atoms with van der Waals surface area (Å²) in [5.74, 6) is 0. The van der Waals surface area contributed by atoms with Crippen molar-refractivity contribution in [3.05, 3.63) is 0 Å². The third-order valence-corrected chi connectivity index (χ3v) is 3.13. The van der Waals surface area contributed by atoms with Gasteiger partial charge in [-0.3, -0.25) is 4.90 Å². The molecule has 0 radical (unpaired) electrons. The van der Waals surface area contributed by atoms with Gasteiger partial charge in [-0.2, -0.15) is 0 Å². The molecule has 2 atom stereocenters. The lowest BCUT2D eigenvalue weighted by Crippen LogP contribution is -2.49. The summed E-state index contributed by atoms with van der Waals surface area (Å²) >= 11 is 0. The average Bonchev–Trinajstić information content (AvgIpc) is 2.27. The Balaban J connectivity index is 2.27. The SMILES string of the molecule is CCNC1CCCN(C(C)COCC)C1. The molecule has 1 N–H and O–H groups in total. The van der Waals surface area contributed by atoms with Crippen LogP contribution in [-0.4, -0.2) is 49.8 Å². The average molecular weight is 214 g/mol. The van der Waals surface area contributed by atoms with Crippen molar-refractivity contribution in [2.24, 2.45) is 0 Å². The van der Waals surface area contributed by atoms with E-state index >= 15 is 0 Å². The van der Waals surface area contributed by atoms with Crippen molar-refractivity contribution in [3.63, 3.8) is 0 Å². The van der Waals surface area contributed by atoms with E-state index in [2.05, 4.69) is 31.0 Å². The molecule has 0 saturated carbocycles. The highest BCUT2D eigenvalue weighted by atomic mass is 16.5. The molecule has 0 aromatic heterocycles. The third-order valence-electron chi connectivity index (χ3n) is 3.13. The van der Waals surface area contributed by atoms with E-state index in [0.29, 0.717) is 12.1 Å². The summed E-state index contributed by atoms with van der Waals surface area (Å²) in [6.45, 7) is 11.7. The normalized spacial score (nSPS) is 25.4. The predicted octanol–water partition coefficient (Wildman–Crippen LogP) is 1.49. The zero-order valence-electron chi connectivity index (χ0n) is 10.5. The summed E-state index contributed by atoms with van der Waals surface area (Å²) in [5.41, 5.74) is 0. The summed E-state index contributed by atoms with van der Waals surface area (Å²) in [5, 5.41) is 3.54. The molecule has 0 aromatic carbocycles. The molecule has 0 aliphatic carbocycles. The molecular weight excluding hydrogens is 188 g/mol. The van der Waals surface area contributed by atoms with Crippen LogP contribution in [0.3, 0.4) is 0 Å². The molecule has 0 amide bonds. The zero-order valence-corrected chi connectivity index (χ0v) is 10.5. The van der Waals surface area contributed by atoms with E-state index in [1.54, 1.807) is 0 Å². The van der Waals surface area contributed by atoms with Crippen molar-refractivity contribution < 1.29 is 4.74 Å². The van der Waals surface area contributed by atoms with Gasteiger partial charge in [0.1, 0.15) is 0 Å². The molecule has 1 fully saturated rings. The highest BCUT2D eigenvalue weighted by Crippen LogP contribution is 2.13. The van der Waals surface area contributed by atoms with Crippen LogP contribution in [0.4, 0.5) is 0 Å². The summed E-state index contributed by atoms with van der Waals surface area (Å²) in [6.07, 6.45) is 2.64. The number of likely N-dealkylation sites (N-methyl/N-ethyl adjacent to an activating group) is 1. The van der Waals surface area contributed by atoms with Crippen LogP contribution in [-0.2, 0) is 4.74 Å². The number of nitrogens with one attached hydrogen (secondary N) is 1. The molecule has 0 spiro atoms. The molecule has 1 heterocycles. The highest BCUT2D eigenvalue weighted by molar-refractivity contribution is 4.80. The zero-order chi connectivity index (χ0) is 11.1. The first-order valence-corrected chi connectivity index (χ1v) is 6.33. The second-order valence-electron chi connectivity index (χ2n) is 4.40. The van der Waals surface area contributed by atoms with E-state index in [4.69, 9.17) is 4.74 Å². The van der Waals surface area contributed by atoms with Crippen LogP contribution in [0.5, 0.6) is 0 Å². The Morgan fingerprint density at radius 3 is 2.93 bits per heavy atom. The Bertz CT molecular complexity index is 162. The lowest BCUT2D eigenvalue weighted by atomic mass is 10.0. The summed E-state index contributed by atoms with van der Waals surface area (Å²) in [6, 6.07) is 1.25. The van der Waals surface area contributed by atoms with Crippen LogP contribution in [0.15, 0.2) is 0 Å². The molecule has 1 aliphatic rings. The summed E-state index contributed by atoms with van der Waals surface area (Å²) in [7, 11) is 0. The fourth-order valence-corrected chi connectivity index (χ4v) is 2.26. The van der Waals surface area contributed by atoms with Crippen molar-refractivity contribution in [1.29, 1.82) is 0 Å². The molecule has 2 unspecified atom stereocenters. The van der Waals surface area contributed by atoms with E-state index in [0.717, 1.165) is 19.8 Å². The molecule has 3 heteroatoms. The number of ether oxygens (including phenoxy) is 1. The lowest BCUT2D eigenvalue weighted by molar-refractivity contribution is 0.0563. The first-order chi connectivity index (χ1) is 7.27. The van der Waals surface area contributed by atoms with Crippen molar-refractivity contribution in [3.8, 4) is 0 Å². The third kappa shape index (κ3) is 4.49. The van der Waals surface area contributed by atoms with Crippen LogP contribution in [0.1, 0.15) is 33.6 Å². The first-order valence-electron chi connectivity index (χ1n) is 6.33. The van der Waals surface area contributed by atoms with E-state index in [1.807, 2.05) is 0 Å². The monoisotopic (exact) mass is 214 g/mol. The van der Waals surface area contributed by atoms with Gasteiger partial charge in [0, 0.05) is 25.2 Å². The van der Waals surface area contributed by atoms with Crippen LogP contribution in [0.25, 0.3) is 0 Å². The van der Waals surface area contributed by atoms with Crippen LogP contribution in [0, 0.1) is 0 Å². The minimum atomic E-state index is 0.561. The predicted molar refractivity (Wildman–Crippen MR) is 64.2 cm³/mol. The number of likely N-dealkylation sites (tertiary alicyclic amines) is 1. The second-order valence-corrected chi connectivity index (χ2v) is 4.40. The van der Waals surface area contributed by atoms with Crippen LogP contribution >= 0.6 is 0 Å². The Morgan fingerprint density at radius 1 is 1.47 bits per heavy atom. The van der Waals surface area contributed by atoms with Crippen molar-refractivity contribution in [1.82, 2.24) is 10.2 Å². The molecule has 3 nitrogen and oxygen atoms in total. The molecular formula is C12H26N2O. The molecule has 90 valence electrons. The molecule has 0 aromatic rings.